The van der Waals surface area contributed by atoms with Crippen molar-refractivity contribution in [3.63, 3.8) is 0 Å². The van der Waals surface area contributed by atoms with Crippen molar-refractivity contribution in [1.29, 1.82) is 0 Å². The summed E-state index contributed by atoms with van der Waals surface area (Å²) in [4.78, 5) is 0. The fourth-order valence-electron chi connectivity index (χ4n) is 1.49. The first-order valence-corrected chi connectivity index (χ1v) is 5.60. The molecule has 0 aliphatic rings. The van der Waals surface area contributed by atoms with Crippen LogP contribution >= 0.6 is 12.4 Å². The summed E-state index contributed by atoms with van der Waals surface area (Å²) in [6, 6.07) is 2.75. The first-order valence-electron chi connectivity index (χ1n) is 5.60. The SMILES string of the molecule is CC(C)(C)[C@H](N)C[C@H](O)c1cc(F)ccc1F.Cl. The molecule has 2 nitrogen and oxygen atoms in total. The van der Waals surface area contributed by atoms with Crippen LogP contribution in [0.1, 0.15) is 38.9 Å². The van der Waals surface area contributed by atoms with Gasteiger partial charge in [-0.3, -0.25) is 0 Å². The molecule has 0 fully saturated rings. The molecule has 1 rings (SSSR count). The molecule has 104 valence electrons. The Hall–Kier alpha value is -0.710. The summed E-state index contributed by atoms with van der Waals surface area (Å²) >= 11 is 0. The second-order valence-corrected chi connectivity index (χ2v) is 5.39. The summed E-state index contributed by atoms with van der Waals surface area (Å²) in [5.74, 6) is -1.18. The van der Waals surface area contributed by atoms with Crippen molar-refractivity contribution in [1.82, 2.24) is 0 Å². The number of nitrogens with two attached hydrogens (primary N) is 1. The summed E-state index contributed by atoms with van der Waals surface area (Å²) in [7, 11) is 0. The minimum atomic E-state index is -1.08. The van der Waals surface area contributed by atoms with E-state index in [0.29, 0.717) is 0 Å². The van der Waals surface area contributed by atoms with Crippen LogP contribution in [-0.4, -0.2) is 11.1 Å². The Bertz CT molecular complexity index is 393. The van der Waals surface area contributed by atoms with Gasteiger partial charge in [-0.05, 0) is 30.0 Å². The quantitative estimate of drug-likeness (QED) is 0.893. The highest BCUT2D eigenvalue weighted by atomic mass is 35.5. The largest absolute Gasteiger partial charge is 0.388 e. The molecule has 0 spiro atoms. The third-order valence-electron chi connectivity index (χ3n) is 2.91. The molecule has 0 aromatic heterocycles. The van der Waals surface area contributed by atoms with Gasteiger partial charge in [0.25, 0.3) is 0 Å². The van der Waals surface area contributed by atoms with Gasteiger partial charge in [-0.25, -0.2) is 8.78 Å². The van der Waals surface area contributed by atoms with Crippen LogP contribution in [0.3, 0.4) is 0 Å². The predicted octanol–water partition coefficient (Wildman–Crippen LogP) is 3.18. The summed E-state index contributed by atoms with van der Waals surface area (Å²) in [6.45, 7) is 5.81. The van der Waals surface area contributed by atoms with Crippen LogP contribution in [0.4, 0.5) is 8.78 Å². The van der Waals surface area contributed by atoms with E-state index in [1.807, 2.05) is 20.8 Å². The Morgan fingerprint density at radius 3 is 2.33 bits per heavy atom. The standard InChI is InChI=1S/C13H19F2NO.ClH/c1-13(2,3)12(16)7-11(17)9-6-8(14)4-5-10(9)15;/h4-6,11-12,17H,7,16H2,1-3H3;1H/t11-,12+;/m0./s1. The van der Waals surface area contributed by atoms with Gasteiger partial charge in [0.2, 0.25) is 0 Å². The van der Waals surface area contributed by atoms with Crippen LogP contribution < -0.4 is 5.73 Å². The molecule has 3 N–H and O–H groups in total. The summed E-state index contributed by atoms with van der Waals surface area (Å²) in [5, 5.41) is 9.87. The van der Waals surface area contributed by atoms with Crippen LogP contribution in [0.15, 0.2) is 18.2 Å². The highest BCUT2D eigenvalue weighted by Gasteiger charge is 2.25. The van der Waals surface area contributed by atoms with Crippen LogP contribution in [0, 0.1) is 17.0 Å². The van der Waals surface area contributed by atoms with Crippen molar-refractivity contribution in [2.24, 2.45) is 11.1 Å². The van der Waals surface area contributed by atoms with Crippen molar-refractivity contribution in [2.75, 3.05) is 0 Å². The molecule has 0 saturated carbocycles. The third-order valence-corrected chi connectivity index (χ3v) is 2.91. The van der Waals surface area contributed by atoms with Gasteiger partial charge in [0, 0.05) is 11.6 Å². The molecule has 1 aromatic rings. The van der Waals surface area contributed by atoms with E-state index in [4.69, 9.17) is 5.73 Å². The number of hydrogen-bond donors (Lipinski definition) is 2. The highest BCUT2D eigenvalue weighted by molar-refractivity contribution is 5.85. The number of rotatable bonds is 3. The minimum absolute atomic E-state index is 0. The number of benzene rings is 1. The molecule has 0 bridgehead atoms. The second kappa shape index (κ2) is 6.45. The van der Waals surface area contributed by atoms with E-state index in [1.54, 1.807) is 0 Å². The monoisotopic (exact) mass is 279 g/mol. The average Bonchev–Trinajstić information content (AvgIpc) is 2.20. The van der Waals surface area contributed by atoms with Gasteiger partial charge in [-0.1, -0.05) is 20.8 Å². The van der Waals surface area contributed by atoms with Crippen molar-refractivity contribution in [2.45, 2.75) is 39.3 Å². The van der Waals surface area contributed by atoms with Gasteiger partial charge in [0.1, 0.15) is 11.6 Å². The van der Waals surface area contributed by atoms with E-state index in [1.165, 1.54) is 0 Å². The van der Waals surface area contributed by atoms with Gasteiger partial charge in [0.15, 0.2) is 0 Å². The Labute approximate surface area is 113 Å². The first kappa shape index (κ1) is 17.3. The predicted molar refractivity (Wildman–Crippen MR) is 70.6 cm³/mol. The van der Waals surface area contributed by atoms with E-state index in [2.05, 4.69) is 0 Å². The average molecular weight is 280 g/mol. The Morgan fingerprint density at radius 1 is 1.28 bits per heavy atom. The normalized spacial score (nSPS) is 14.8. The van der Waals surface area contributed by atoms with Gasteiger partial charge in [0.05, 0.1) is 6.10 Å². The van der Waals surface area contributed by atoms with Crippen LogP contribution in [0.25, 0.3) is 0 Å². The van der Waals surface area contributed by atoms with E-state index in [-0.39, 0.29) is 35.8 Å². The lowest BCUT2D eigenvalue weighted by atomic mass is 9.83. The van der Waals surface area contributed by atoms with E-state index in [0.717, 1.165) is 18.2 Å². The van der Waals surface area contributed by atoms with Gasteiger partial charge in [-0.15, -0.1) is 12.4 Å². The highest BCUT2D eigenvalue weighted by Crippen LogP contribution is 2.28. The molecular formula is C13H20ClF2NO. The molecule has 0 radical (unpaired) electrons. The fourth-order valence-corrected chi connectivity index (χ4v) is 1.49. The van der Waals surface area contributed by atoms with Gasteiger partial charge in [-0.2, -0.15) is 0 Å². The van der Waals surface area contributed by atoms with Crippen LogP contribution in [0.2, 0.25) is 0 Å². The smallest absolute Gasteiger partial charge is 0.129 e. The Morgan fingerprint density at radius 2 is 1.83 bits per heavy atom. The van der Waals surface area contributed by atoms with Crippen molar-refractivity contribution in [3.8, 4) is 0 Å². The van der Waals surface area contributed by atoms with E-state index < -0.39 is 17.7 Å². The molecule has 2 atom stereocenters. The fraction of sp³-hybridized carbons (Fsp3) is 0.538. The van der Waals surface area contributed by atoms with E-state index >= 15 is 0 Å². The lowest BCUT2D eigenvalue weighted by molar-refractivity contribution is 0.129. The lowest BCUT2D eigenvalue weighted by Gasteiger charge is -2.29. The molecule has 1 aromatic carbocycles. The maximum atomic E-state index is 13.4. The Balaban J connectivity index is 0.00000289. The lowest BCUT2D eigenvalue weighted by Crippen LogP contribution is -2.36. The van der Waals surface area contributed by atoms with E-state index in [9.17, 15) is 13.9 Å². The topological polar surface area (TPSA) is 46.2 Å². The molecule has 5 heteroatoms. The van der Waals surface area contributed by atoms with Crippen molar-refractivity contribution in [3.05, 3.63) is 35.4 Å². The first-order chi connectivity index (χ1) is 7.71. The minimum Gasteiger partial charge on any atom is -0.388 e. The summed E-state index contributed by atoms with van der Waals surface area (Å²) < 4.78 is 26.4. The van der Waals surface area contributed by atoms with Crippen molar-refractivity contribution < 1.29 is 13.9 Å². The second-order valence-electron chi connectivity index (χ2n) is 5.39. The van der Waals surface area contributed by atoms with Crippen LogP contribution in [0.5, 0.6) is 0 Å². The number of hydrogen-bond acceptors (Lipinski definition) is 2. The van der Waals surface area contributed by atoms with Gasteiger partial charge >= 0.3 is 0 Å². The summed E-state index contributed by atoms with van der Waals surface area (Å²) in [6.07, 6.45) is -0.885. The maximum absolute atomic E-state index is 13.4. The molecule has 0 amide bonds. The molecule has 18 heavy (non-hydrogen) atoms. The van der Waals surface area contributed by atoms with Gasteiger partial charge < -0.3 is 10.8 Å². The molecule has 0 aliphatic carbocycles. The van der Waals surface area contributed by atoms with Crippen molar-refractivity contribution >= 4 is 12.4 Å². The number of halogens is 3. The zero-order valence-electron chi connectivity index (χ0n) is 10.8. The Kier molecular flexibility index (Phi) is 6.20. The molecule has 0 heterocycles. The third kappa shape index (κ3) is 4.52. The van der Waals surface area contributed by atoms with Crippen LogP contribution in [-0.2, 0) is 0 Å². The molecule has 0 unspecified atom stereocenters. The summed E-state index contributed by atoms with van der Waals surface area (Å²) in [5.41, 5.74) is 5.67. The zero-order valence-corrected chi connectivity index (χ0v) is 11.6. The molecule has 0 aliphatic heterocycles. The molecule has 0 saturated heterocycles. The number of aliphatic hydroxyl groups is 1. The number of aliphatic hydroxyl groups excluding tert-OH is 1. The zero-order chi connectivity index (χ0) is 13.2. The maximum Gasteiger partial charge on any atom is 0.129 e. The molecular weight excluding hydrogens is 260 g/mol.